The Hall–Kier alpha value is -1.40. The second-order valence-electron chi connectivity index (χ2n) is 6.72. The molecule has 3 rings (SSSR count). The zero-order chi connectivity index (χ0) is 18.0. The van der Waals surface area contributed by atoms with Gasteiger partial charge in [-0.25, -0.2) is 4.57 Å². The lowest BCUT2D eigenvalue weighted by Gasteiger charge is -2.22. The van der Waals surface area contributed by atoms with Crippen LogP contribution in [0, 0.1) is 5.92 Å². The standard InChI is InChI=1S/C17H24NO6P/c1-11(2)14-9-15-16(22-14)10-21-25(20,18-12(3)17(19)23-15)24-13-7-5-4-6-8-13/h4-8,11-12,14-16H,9-10H2,1-3H3,(H,18,20)/t12-,14+,15?,16-,25?/m0/s1. The van der Waals surface area contributed by atoms with Crippen molar-refractivity contribution in [3.63, 3.8) is 0 Å². The summed E-state index contributed by atoms with van der Waals surface area (Å²) in [5.41, 5.74) is 0. The van der Waals surface area contributed by atoms with Crippen molar-refractivity contribution in [1.29, 1.82) is 0 Å². The van der Waals surface area contributed by atoms with Crippen molar-refractivity contribution in [1.82, 2.24) is 5.09 Å². The quantitative estimate of drug-likeness (QED) is 0.648. The number of ether oxygens (including phenoxy) is 2. The van der Waals surface area contributed by atoms with E-state index in [0.717, 1.165) is 0 Å². The van der Waals surface area contributed by atoms with Crippen LogP contribution in [0.5, 0.6) is 5.75 Å². The van der Waals surface area contributed by atoms with E-state index in [2.05, 4.69) is 5.09 Å². The highest BCUT2D eigenvalue weighted by Gasteiger charge is 2.44. The van der Waals surface area contributed by atoms with Crippen LogP contribution in [-0.2, 0) is 23.4 Å². The summed E-state index contributed by atoms with van der Waals surface area (Å²) in [6, 6.07) is 7.86. The first-order chi connectivity index (χ1) is 11.9. The van der Waals surface area contributed by atoms with E-state index in [1.54, 1.807) is 31.2 Å². The predicted molar refractivity (Wildman–Crippen MR) is 91.2 cm³/mol. The van der Waals surface area contributed by atoms with Crippen LogP contribution < -0.4 is 9.61 Å². The van der Waals surface area contributed by atoms with E-state index >= 15 is 0 Å². The first-order valence-electron chi connectivity index (χ1n) is 8.49. The maximum atomic E-state index is 13.1. The second kappa shape index (κ2) is 7.46. The fraction of sp³-hybridized carbons (Fsp3) is 0.588. The molecule has 2 unspecified atom stereocenters. The summed E-state index contributed by atoms with van der Waals surface area (Å²) in [5.74, 6) is 0.185. The molecule has 2 aliphatic rings. The van der Waals surface area contributed by atoms with E-state index in [0.29, 0.717) is 12.2 Å². The maximum absolute atomic E-state index is 13.1. The van der Waals surface area contributed by atoms with Gasteiger partial charge in [0.25, 0.3) is 0 Å². The van der Waals surface area contributed by atoms with Crippen LogP contribution in [0.25, 0.3) is 0 Å². The number of rotatable bonds is 3. The molecule has 7 nitrogen and oxygen atoms in total. The van der Waals surface area contributed by atoms with Gasteiger partial charge in [0.1, 0.15) is 24.0 Å². The van der Waals surface area contributed by atoms with Gasteiger partial charge >= 0.3 is 13.7 Å². The zero-order valence-corrected chi connectivity index (χ0v) is 15.5. The van der Waals surface area contributed by atoms with E-state index in [1.165, 1.54) is 0 Å². The van der Waals surface area contributed by atoms with Crippen molar-refractivity contribution in [2.75, 3.05) is 6.61 Å². The predicted octanol–water partition coefficient (Wildman–Crippen LogP) is 2.91. The summed E-state index contributed by atoms with van der Waals surface area (Å²) in [6.07, 6.45) is -0.291. The summed E-state index contributed by atoms with van der Waals surface area (Å²) < 4.78 is 35.7. The molecule has 0 saturated carbocycles. The molecule has 0 amide bonds. The molecule has 1 N–H and O–H groups in total. The number of nitrogens with one attached hydrogen (secondary N) is 1. The van der Waals surface area contributed by atoms with Crippen molar-refractivity contribution in [2.45, 2.75) is 51.5 Å². The van der Waals surface area contributed by atoms with Gasteiger partial charge in [0, 0.05) is 6.42 Å². The first kappa shape index (κ1) is 18.4. The van der Waals surface area contributed by atoms with Crippen molar-refractivity contribution < 1.29 is 27.9 Å². The second-order valence-corrected chi connectivity index (χ2v) is 8.41. The van der Waals surface area contributed by atoms with Gasteiger partial charge in [-0.15, -0.1) is 0 Å². The lowest BCUT2D eigenvalue weighted by molar-refractivity contribution is -0.153. The SMILES string of the molecule is CC(C)[C@H]1CC2OC(=O)[C@H](C)NP(=O)(Oc3ccccc3)OC[C@@H]2O1. The Balaban J connectivity index is 1.79. The highest BCUT2D eigenvalue weighted by molar-refractivity contribution is 7.52. The van der Waals surface area contributed by atoms with Gasteiger partial charge in [-0.05, 0) is 25.0 Å². The number of para-hydroxylation sites is 1. The summed E-state index contributed by atoms with van der Waals surface area (Å²) in [4.78, 5) is 12.3. The minimum atomic E-state index is -3.75. The highest BCUT2D eigenvalue weighted by atomic mass is 31.2. The van der Waals surface area contributed by atoms with Crippen LogP contribution in [0.1, 0.15) is 27.2 Å². The lowest BCUT2D eigenvalue weighted by atomic mass is 10.0. The Morgan fingerprint density at radius 1 is 1.24 bits per heavy atom. The van der Waals surface area contributed by atoms with Gasteiger partial charge in [0.2, 0.25) is 0 Å². The average Bonchev–Trinajstić information content (AvgIpc) is 2.97. The summed E-state index contributed by atoms with van der Waals surface area (Å²) >= 11 is 0. The monoisotopic (exact) mass is 369 g/mol. The summed E-state index contributed by atoms with van der Waals surface area (Å²) in [6.45, 7) is 5.69. The van der Waals surface area contributed by atoms with Crippen LogP contribution in [0.4, 0.5) is 0 Å². The number of fused-ring (bicyclic) bond motifs is 1. The molecule has 0 spiro atoms. The molecule has 2 saturated heterocycles. The average molecular weight is 369 g/mol. The van der Waals surface area contributed by atoms with Gasteiger partial charge in [0.15, 0.2) is 0 Å². The van der Waals surface area contributed by atoms with Gasteiger partial charge in [-0.1, -0.05) is 32.0 Å². The Kier molecular flexibility index (Phi) is 5.49. The minimum Gasteiger partial charge on any atom is -0.458 e. The van der Waals surface area contributed by atoms with Crippen molar-refractivity contribution in [3.05, 3.63) is 30.3 Å². The smallest absolute Gasteiger partial charge is 0.458 e. The zero-order valence-electron chi connectivity index (χ0n) is 14.6. The van der Waals surface area contributed by atoms with E-state index < -0.39 is 32.0 Å². The van der Waals surface area contributed by atoms with Crippen LogP contribution >= 0.6 is 7.75 Å². The highest BCUT2D eigenvalue weighted by Crippen LogP contribution is 2.46. The number of hydrogen-bond donors (Lipinski definition) is 1. The van der Waals surface area contributed by atoms with E-state index in [1.807, 2.05) is 19.9 Å². The molecule has 8 heteroatoms. The number of esters is 1. The van der Waals surface area contributed by atoms with Crippen LogP contribution in [0.3, 0.4) is 0 Å². The minimum absolute atomic E-state index is 0.0188. The topological polar surface area (TPSA) is 83.1 Å². The molecule has 0 bridgehead atoms. The Labute approximate surface area is 147 Å². The molecule has 2 fully saturated rings. The van der Waals surface area contributed by atoms with Gasteiger partial charge < -0.3 is 14.0 Å². The molecule has 0 aliphatic carbocycles. The maximum Gasteiger partial charge on any atom is 0.459 e. The molecule has 1 aromatic carbocycles. The first-order valence-corrected chi connectivity index (χ1v) is 10.0. The molecule has 5 atom stereocenters. The molecule has 0 radical (unpaired) electrons. The summed E-state index contributed by atoms with van der Waals surface area (Å²) in [5, 5.41) is 2.64. The molecule has 2 aliphatic heterocycles. The molecular formula is C17H24NO6P. The Bertz CT molecular complexity index is 652. The van der Waals surface area contributed by atoms with Gasteiger partial charge in [-0.3, -0.25) is 9.32 Å². The summed E-state index contributed by atoms with van der Waals surface area (Å²) in [7, 11) is -3.75. The third kappa shape index (κ3) is 4.42. The number of carbonyl (C=O) groups excluding carboxylic acids is 1. The van der Waals surface area contributed by atoms with Crippen molar-refractivity contribution in [2.24, 2.45) is 5.92 Å². The fourth-order valence-electron chi connectivity index (χ4n) is 2.87. The molecule has 2 heterocycles. The molecular weight excluding hydrogens is 345 g/mol. The van der Waals surface area contributed by atoms with E-state index in [9.17, 15) is 9.36 Å². The van der Waals surface area contributed by atoms with Crippen LogP contribution in [0.15, 0.2) is 30.3 Å². The van der Waals surface area contributed by atoms with Gasteiger partial charge in [0.05, 0.1) is 12.7 Å². The van der Waals surface area contributed by atoms with Gasteiger partial charge in [-0.2, -0.15) is 5.09 Å². The van der Waals surface area contributed by atoms with Crippen LogP contribution in [0.2, 0.25) is 0 Å². The Morgan fingerprint density at radius 3 is 2.64 bits per heavy atom. The molecule has 1 aromatic rings. The number of hydrogen-bond acceptors (Lipinski definition) is 6. The molecule has 0 aromatic heterocycles. The van der Waals surface area contributed by atoms with Crippen LogP contribution in [-0.4, -0.2) is 36.9 Å². The lowest BCUT2D eigenvalue weighted by Crippen LogP contribution is -2.36. The Morgan fingerprint density at radius 2 is 1.96 bits per heavy atom. The third-order valence-electron chi connectivity index (χ3n) is 4.32. The van der Waals surface area contributed by atoms with E-state index in [-0.39, 0.29) is 18.6 Å². The normalized spacial score (nSPS) is 36.1. The largest absolute Gasteiger partial charge is 0.459 e. The number of benzene rings is 1. The molecule has 25 heavy (non-hydrogen) atoms. The molecule has 138 valence electrons. The van der Waals surface area contributed by atoms with Crippen molar-refractivity contribution in [3.8, 4) is 5.75 Å². The number of carbonyl (C=O) groups is 1. The fourth-order valence-corrected chi connectivity index (χ4v) is 4.37. The third-order valence-corrected chi connectivity index (χ3v) is 5.97. The van der Waals surface area contributed by atoms with Crippen molar-refractivity contribution >= 4 is 13.7 Å². The van der Waals surface area contributed by atoms with E-state index in [4.69, 9.17) is 18.5 Å².